The molecule has 11 nitrogen and oxygen atoms in total. The van der Waals surface area contributed by atoms with Crippen molar-refractivity contribution < 1.29 is 52.5 Å². The van der Waals surface area contributed by atoms with Crippen molar-refractivity contribution in [2.45, 2.75) is 108 Å². The van der Waals surface area contributed by atoms with Gasteiger partial charge in [-0.2, -0.15) is 0 Å². The van der Waals surface area contributed by atoms with Crippen LogP contribution in [0, 0.1) is 0 Å². The minimum atomic E-state index is -1.33. The maximum Gasteiger partial charge on any atom is 0.303 e. The van der Waals surface area contributed by atoms with Gasteiger partial charge in [-0.3, -0.25) is 4.79 Å². The normalized spacial score (nSPS) is 26.6. The molecule has 2 heterocycles. The fraction of sp³-hybridized carbons (Fsp3) is 0.367. The van der Waals surface area contributed by atoms with Crippen molar-refractivity contribution in [1.29, 1.82) is 0 Å². The van der Waals surface area contributed by atoms with Crippen molar-refractivity contribution >= 4 is 5.97 Å². The summed E-state index contributed by atoms with van der Waals surface area (Å²) in [5.74, 6) is -0.526. The summed E-state index contributed by atoms with van der Waals surface area (Å²) < 4.78 is 58.8. The molecule has 2 saturated heterocycles. The van der Waals surface area contributed by atoms with Gasteiger partial charge in [0, 0.05) is 6.92 Å². The van der Waals surface area contributed by atoms with Crippen molar-refractivity contribution in [3.8, 4) is 0 Å². The number of hydrogen-bond donors (Lipinski definition) is 1. The number of carbonyl (C=O) groups is 1. The van der Waals surface area contributed by atoms with E-state index in [1.54, 1.807) is 6.92 Å². The molecule has 0 saturated carbocycles. The summed E-state index contributed by atoms with van der Waals surface area (Å²) in [5, 5.41) is 11.4. The number of benzene rings is 5. The average molecular weight is 819 g/mol. The summed E-state index contributed by atoms with van der Waals surface area (Å²) >= 11 is 0. The Morgan fingerprint density at radius 1 is 0.500 bits per heavy atom. The van der Waals surface area contributed by atoms with E-state index >= 15 is 0 Å². The molecule has 0 aromatic heterocycles. The van der Waals surface area contributed by atoms with Crippen LogP contribution in [0.1, 0.15) is 41.7 Å². The molecule has 0 radical (unpaired) electrons. The van der Waals surface area contributed by atoms with Crippen LogP contribution in [0.4, 0.5) is 0 Å². The van der Waals surface area contributed by atoms with Crippen LogP contribution in [0.15, 0.2) is 152 Å². The van der Waals surface area contributed by atoms with E-state index in [4.69, 9.17) is 42.6 Å². The molecule has 0 bridgehead atoms. The van der Waals surface area contributed by atoms with E-state index in [1.807, 2.05) is 152 Å². The third kappa shape index (κ3) is 12.2. The van der Waals surface area contributed by atoms with Gasteiger partial charge in [0.2, 0.25) is 0 Å². The predicted molar refractivity (Wildman–Crippen MR) is 222 cm³/mol. The van der Waals surface area contributed by atoms with Gasteiger partial charge in [-0.05, 0) is 34.7 Å². The minimum Gasteiger partial charge on any atom is -0.457 e. The Bertz CT molecular complexity index is 1970. The summed E-state index contributed by atoms with van der Waals surface area (Å²) in [6, 6.07) is 48.7. The zero-order valence-corrected chi connectivity index (χ0v) is 34.0. The quantitative estimate of drug-likeness (QED) is 0.0845. The number of ether oxygens (including phenoxy) is 9. The molecule has 60 heavy (non-hydrogen) atoms. The van der Waals surface area contributed by atoms with E-state index in [-0.39, 0.29) is 33.0 Å². The molecule has 10 atom stereocenters. The second-order valence-electron chi connectivity index (χ2n) is 15.0. The van der Waals surface area contributed by atoms with Crippen LogP contribution < -0.4 is 0 Å². The lowest BCUT2D eigenvalue weighted by atomic mass is 9.96. The van der Waals surface area contributed by atoms with Gasteiger partial charge in [-0.1, -0.05) is 152 Å². The van der Waals surface area contributed by atoms with E-state index in [0.29, 0.717) is 6.61 Å². The van der Waals surface area contributed by atoms with Crippen LogP contribution in [-0.2, 0) is 80.5 Å². The highest BCUT2D eigenvalue weighted by Gasteiger charge is 2.54. The fourth-order valence-corrected chi connectivity index (χ4v) is 7.46. The van der Waals surface area contributed by atoms with E-state index in [2.05, 4.69) is 0 Å². The van der Waals surface area contributed by atoms with Gasteiger partial charge in [-0.25, -0.2) is 0 Å². The highest BCUT2D eigenvalue weighted by atomic mass is 16.7. The Balaban J connectivity index is 1.22. The van der Waals surface area contributed by atoms with Gasteiger partial charge in [0.05, 0.1) is 45.7 Å². The Morgan fingerprint density at radius 2 is 0.900 bits per heavy atom. The first-order valence-electron chi connectivity index (χ1n) is 20.5. The monoisotopic (exact) mass is 818 g/mol. The molecule has 7 rings (SSSR count). The Labute approximate surface area is 352 Å². The van der Waals surface area contributed by atoms with Gasteiger partial charge in [0.25, 0.3) is 0 Å². The number of esters is 1. The summed E-state index contributed by atoms with van der Waals surface area (Å²) in [4.78, 5) is 13.0. The zero-order chi connectivity index (χ0) is 41.5. The molecule has 5 aromatic carbocycles. The topological polar surface area (TPSA) is 120 Å². The number of aliphatic hydroxyl groups excluding tert-OH is 1. The first kappa shape index (κ1) is 43.3. The number of carbonyl (C=O) groups excluding carboxylic acids is 1. The van der Waals surface area contributed by atoms with Crippen LogP contribution in [0.2, 0.25) is 0 Å². The van der Waals surface area contributed by atoms with Crippen LogP contribution >= 0.6 is 0 Å². The Kier molecular flexibility index (Phi) is 16.0. The van der Waals surface area contributed by atoms with Crippen LogP contribution in [-0.4, -0.2) is 79.1 Å². The first-order chi connectivity index (χ1) is 29.4. The van der Waals surface area contributed by atoms with Gasteiger partial charge < -0.3 is 47.7 Å². The van der Waals surface area contributed by atoms with E-state index < -0.39 is 67.4 Å². The highest BCUT2D eigenvalue weighted by Crippen LogP contribution is 2.35. The van der Waals surface area contributed by atoms with Crippen molar-refractivity contribution in [2.24, 2.45) is 0 Å². The van der Waals surface area contributed by atoms with Crippen molar-refractivity contribution in [3.63, 3.8) is 0 Å². The smallest absolute Gasteiger partial charge is 0.303 e. The standard InChI is InChI=1S/C49H54O11/c1-34-42(44(54-30-38-22-12-5-13-23-38)46(48(51)57-34)55-31-39-24-14-6-15-25-39)60-49-47(56-32-40-26-16-7-17-27-40)45(58-35(2)50)43(53-29-37-20-10-4-11-21-37)41(59-49)33-52-28-36-18-8-3-9-19-36/h3-27,34,41-49,51H,28-33H2,1-2H3/t34-,41+,42-,43+,44+,45-,46+,47-,48+,49+/m0/s1. The van der Waals surface area contributed by atoms with E-state index in [1.165, 1.54) is 6.92 Å². The molecule has 0 spiro atoms. The predicted octanol–water partition coefficient (Wildman–Crippen LogP) is 7.32. The zero-order valence-electron chi connectivity index (χ0n) is 34.0. The maximum atomic E-state index is 13.0. The van der Waals surface area contributed by atoms with Gasteiger partial charge in [0.1, 0.15) is 36.6 Å². The van der Waals surface area contributed by atoms with Crippen molar-refractivity contribution in [1.82, 2.24) is 0 Å². The van der Waals surface area contributed by atoms with Gasteiger partial charge in [0.15, 0.2) is 18.7 Å². The lowest BCUT2D eigenvalue weighted by Gasteiger charge is -2.49. The number of aliphatic hydroxyl groups is 1. The van der Waals surface area contributed by atoms with Crippen LogP contribution in [0.5, 0.6) is 0 Å². The second kappa shape index (κ2) is 22.2. The number of hydrogen-bond acceptors (Lipinski definition) is 11. The summed E-state index contributed by atoms with van der Waals surface area (Å²) in [5.41, 5.74) is 4.64. The molecule has 2 fully saturated rings. The minimum absolute atomic E-state index is 0.0730. The summed E-state index contributed by atoms with van der Waals surface area (Å²) in [7, 11) is 0. The van der Waals surface area contributed by atoms with Crippen molar-refractivity contribution in [3.05, 3.63) is 179 Å². The van der Waals surface area contributed by atoms with E-state index in [9.17, 15) is 9.90 Å². The van der Waals surface area contributed by atoms with E-state index in [0.717, 1.165) is 27.8 Å². The lowest BCUT2D eigenvalue weighted by molar-refractivity contribution is -0.367. The second-order valence-corrected chi connectivity index (χ2v) is 15.0. The molecule has 5 aromatic rings. The molecular formula is C49H54O11. The largest absolute Gasteiger partial charge is 0.457 e. The average Bonchev–Trinajstić information content (AvgIpc) is 3.27. The lowest BCUT2D eigenvalue weighted by Crippen LogP contribution is -2.65. The molecular weight excluding hydrogens is 765 g/mol. The molecule has 2 aliphatic heterocycles. The third-order valence-corrected chi connectivity index (χ3v) is 10.5. The molecule has 0 amide bonds. The van der Waals surface area contributed by atoms with Crippen molar-refractivity contribution in [2.75, 3.05) is 6.61 Å². The van der Waals surface area contributed by atoms with Crippen LogP contribution in [0.3, 0.4) is 0 Å². The third-order valence-electron chi connectivity index (χ3n) is 10.5. The molecule has 316 valence electrons. The fourth-order valence-electron chi connectivity index (χ4n) is 7.46. The highest BCUT2D eigenvalue weighted by molar-refractivity contribution is 5.66. The maximum absolute atomic E-state index is 13.0. The van der Waals surface area contributed by atoms with Gasteiger partial charge in [-0.15, -0.1) is 0 Å². The molecule has 0 aliphatic carbocycles. The Morgan fingerprint density at radius 3 is 1.35 bits per heavy atom. The van der Waals surface area contributed by atoms with Crippen LogP contribution in [0.25, 0.3) is 0 Å². The molecule has 2 aliphatic rings. The molecule has 0 unspecified atom stereocenters. The number of rotatable bonds is 19. The summed E-state index contributed by atoms with van der Waals surface area (Å²) in [6.45, 7) is 4.30. The Hall–Kier alpha value is -4.79. The molecule has 1 N–H and O–H groups in total. The summed E-state index contributed by atoms with van der Waals surface area (Å²) in [6.07, 6.45) is -9.50. The van der Waals surface area contributed by atoms with Gasteiger partial charge >= 0.3 is 5.97 Å². The molecule has 11 heteroatoms. The SMILES string of the molecule is CC(=O)O[C@@H]1[C@H](OCc2ccccc2)[C@@H](O[C@@H]2[C@@H](OCc3ccccc3)[C@@H](OCc3ccccc3)[C@H](O)O[C@H]2C)O[C@H](COCc2ccccc2)[C@H]1OCc1ccccc1. The first-order valence-corrected chi connectivity index (χ1v) is 20.5.